The van der Waals surface area contributed by atoms with Crippen LogP contribution in [0.3, 0.4) is 0 Å². The molecular weight excluding hydrogens is 374 g/mol. The van der Waals surface area contributed by atoms with Crippen LogP contribution in [0.5, 0.6) is 5.75 Å². The maximum absolute atomic E-state index is 12.6. The van der Waals surface area contributed by atoms with Crippen LogP contribution in [-0.2, 0) is 4.79 Å². The van der Waals surface area contributed by atoms with Crippen molar-refractivity contribution in [3.8, 4) is 5.75 Å². The Labute approximate surface area is 170 Å². The molecule has 2 rings (SSSR count). The van der Waals surface area contributed by atoms with Crippen molar-refractivity contribution >= 4 is 40.5 Å². The molecule has 148 valence electrons. The molecule has 2 amide bonds. The Hall–Kier alpha value is -2.93. The molecule has 0 atom stereocenters. The second-order valence-corrected chi connectivity index (χ2v) is 7.00. The second-order valence-electron chi connectivity index (χ2n) is 6.59. The number of nitrogens with one attached hydrogen (secondary N) is 3. The van der Waals surface area contributed by atoms with E-state index in [1.54, 1.807) is 49.4 Å². The third-order valence-electron chi connectivity index (χ3n) is 3.66. The van der Waals surface area contributed by atoms with Gasteiger partial charge in [-0.15, -0.1) is 0 Å². The number of amides is 2. The van der Waals surface area contributed by atoms with Gasteiger partial charge in [-0.3, -0.25) is 14.9 Å². The third kappa shape index (κ3) is 6.66. The van der Waals surface area contributed by atoms with Crippen LogP contribution in [0, 0.1) is 5.92 Å². The minimum Gasteiger partial charge on any atom is -0.492 e. The summed E-state index contributed by atoms with van der Waals surface area (Å²) in [6.45, 7) is 6.38. The molecule has 0 saturated carbocycles. The van der Waals surface area contributed by atoms with Gasteiger partial charge in [-0.2, -0.15) is 0 Å². The first-order valence-corrected chi connectivity index (χ1v) is 9.54. The summed E-state index contributed by atoms with van der Waals surface area (Å²) in [5.74, 6) is 0.429. The van der Waals surface area contributed by atoms with Crippen molar-refractivity contribution in [3.63, 3.8) is 0 Å². The number of para-hydroxylation sites is 1. The van der Waals surface area contributed by atoms with Crippen LogP contribution in [0.1, 0.15) is 37.6 Å². The Balaban J connectivity index is 2.01. The van der Waals surface area contributed by atoms with Gasteiger partial charge in [0.1, 0.15) is 5.75 Å². The molecule has 0 aliphatic heterocycles. The van der Waals surface area contributed by atoms with E-state index in [0.717, 1.165) is 0 Å². The molecular formula is C21H25N3O3S. The highest BCUT2D eigenvalue weighted by molar-refractivity contribution is 7.80. The van der Waals surface area contributed by atoms with Gasteiger partial charge in [-0.05, 0) is 48.5 Å². The second kappa shape index (κ2) is 10.4. The molecule has 0 aliphatic rings. The lowest BCUT2D eigenvalue weighted by molar-refractivity contribution is -0.115. The average Bonchev–Trinajstić information content (AvgIpc) is 2.66. The van der Waals surface area contributed by atoms with Crippen LogP contribution in [0.15, 0.2) is 48.5 Å². The van der Waals surface area contributed by atoms with E-state index in [0.29, 0.717) is 41.6 Å². The molecule has 0 unspecified atom stereocenters. The van der Waals surface area contributed by atoms with Crippen LogP contribution < -0.4 is 20.7 Å². The fraction of sp³-hybridized carbons (Fsp3) is 0.286. The van der Waals surface area contributed by atoms with E-state index in [1.807, 2.05) is 19.9 Å². The Morgan fingerprint density at radius 3 is 2.39 bits per heavy atom. The lowest BCUT2D eigenvalue weighted by Gasteiger charge is -2.14. The fourth-order valence-corrected chi connectivity index (χ4v) is 2.50. The van der Waals surface area contributed by atoms with E-state index in [4.69, 9.17) is 17.0 Å². The molecule has 0 bridgehead atoms. The van der Waals surface area contributed by atoms with Gasteiger partial charge >= 0.3 is 0 Å². The van der Waals surface area contributed by atoms with Gasteiger partial charge < -0.3 is 15.4 Å². The fourth-order valence-electron chi connectivity index (χ4n) is 2.29. The summed E-state index contributed by atoms with van der Waals surface area (Å²) in [5.41, 5.74) is 1.72. The van der Waals surface area contributed by atoms with Crippen molar-refractivity contribution < 1.29 is 14.3 Å². The number of ether oxygens (including phenoxy) is 1. The molecule has 0 radical (unpaired) electrons. The summed E-state index contributed by atoms with van der Waals surface area (Å²) < 4.78 is 5.72. The van der Waals surface area contributed by atoms with E-state index >= 15 is 0 Å². The molecule has 0 fully saturated rings. The van der Waals surface area contributed by atoms with Gasteiger partial charge in [0, 0.05) is 17.8 Å². The molecule has 0 heterocycles. The van der Waals surface area contributed by atoms with Crippen molar-refractivity contribution in [1.82, 2.24) is 5.32 Å². The molecule has 2 aromatic carbocycles. The summed E-state index contributed by atoms with van der Waals surface area (Å²) >= 11 is 5.24. The van der Waals surface area contributed by atoms with Crippen LogP contribution >= 0.6 is 12.2 Å². The predicted molar refractivity (Wildman–Crippen MR) is 116 cm³/mol. The van der Waals surface area contributed by atoms with Crippen molar-refractivity contribution in [2.24, 2.45) is 5.92 Å². The summed E-state index contributed by atoms with van der Waals surface area (Å²) in [4.78, 5) is 24.1. The molecule has 0 aromatic heterocycles. The van der Waals surface area contributed by atoms with E-state index in [9.17, 15) is 9.59 Å². The topological polar surface area (TPSA) is 79.5 Å². The maximum atomic E-state index is 12.6. The molecule has 28 heavy (non-hydrogen) atoms. The summed E-state index contributed by atoms with van der Waals surface area (Å²) in [5, 5.41) is 8.54. The average molecular weight is 400 g/mol. The molecule has 3 N–H and O–H groups in total. The number of hydrogen-bond acceptors (Lipinski definition) is 4. The number of benzene rings is 2. The Kier molecular flexibility index (Phi) is 7.95. The van der Waals surface area contributed by atoms with Crippen LogP contribution in [0.2, 0.25) is 0 Å². The lowest BCUT2D eigenvalue weighted by atomic mass is 10.2. The summed E-state index contributed by atoms with van der Waals surface area (Å²) in [7, 11) is 0. The van der Waals surface area contributed by atoms with Gasteiger partial charge in [-0.25, -0.2) is 0 Å². The monoisotopic (exact) mass is 399 g/mol. The molecule has 6 nitrogen and oxygen atoms in total. The molecule has 2 aromatic rings. The highest BCUT2D eigenvalue weighted by atomic mass is 32.1. The quantitative estimate of drug-likeness (QED) is 0.608. The Morgan fingerprint density at radius 2 is 1.71 bits per heavy atom. The van der Waals surface area contributed by atoms with Gasteiger partial charge in [-0.1, -0.05) is 39.0 Å². The van der Waals surface area contributed by atoms with Crippen molar-refractivity contribution in [3.05, 3.63) is 54.1 Å². The number of carbonyl (C=O) groups is 2. The van der Waals surface area contributed by atoms with Gasteiger partial charge in [0.25, 0.3) is 5.91 Å². The van der Waals surface area contributed by atoms with Gasteiger partial charge in [0.15, 0.2) is 5.11 Å². The van der Waals surface area contributed by atoms with E-state index in [-0.39, 0.29) is 16.9 Å². The number of thiocarbonyl (C=S) groups is 1. The maximum Gasteiger partial charge on any atom is 0.261 e. The molecule has 0 saturated heterocycles. The Bertz CT molecular complexity index is 852. The lowest BCUT2D eigenvalue weighted by Crippen LogP contribution is -2.34. The predicted octanol–water partition coefficient (Wildman–Crippen LogP) is 4.20. The first-order valence-electron chi connectivity index (χ1n) is 9.13. The largest absolute Gasteiger partial charge is 0.492 e. The zero-order valence-corrected chi connectivity index (χ0v) is 17.1. The van der Waals surface area contributed by atoms with Crippen molar-refractivity contribution in [2.75, 3.05) is 17.2 Å². The minimum absolute atomic E-state index is 0.0777. The Morgan fingerprint density at radius 1 is 1.04 bits per heavy atom. The zero-order valence-electron chi connectivity index (χ0n) is 16.2. The minimum atomic E-state index is -0.354. The van der Waals surface area contributed by atoms with Crippen molar-refractivity contribution in [1.29, 1.82) is 0 Å². The van der Waals surface area contributed by atoms with E-state index in [2.05, 4.69) is 16.0 Å². The summed E-state index contributed by atoms with van der Waals surface area (Å²) in [6, 6.07) is 14.1. The van der Waals surface area contributed by atoms with Crippen LogP contribution in [0.25, 0.3) is 0 Å². The number of rotatable bonds is 7. The molecule has 7 heteroatoms. The van der Waals surface area contributed by atoms with Gasteiger partial charge in [0.05, 0.1) is 12.2 Å². The molecule has 0 aliphatic carbocycles. The first kappa shape index (κ1) is 21.4. The smallest absolute Gasteiger partial charge is 0.261 e. The first-order chi connectivity index (χ1) is 13.4. The highest BCUT2D eigenvalue weighted by Gasteiger charge is 2.14. The normalized spacial score (nSPS) is 10.3. The van der Waals surface area contributed by atoms with E-state index in [1.165, 1.54) is 0 Å². The van der Waals surface area contributed by atoms with Crippen molar-refractivity contribution in [2.45, 2.75) is 27.2 Å². The SMILES string of the molecule is CCC(=O)Nc1cccc(NC(=S)NC(=O)c2ccccc2OCC(C)C)c1. The highest BCUT2D eigenvalue weighted by Crippen LogP contribution is 2.19. The third-order valence-corrected chi connectivity index (χ3v) is 3.86. The number of hydrogen-bond donors (Lipinski definition) is 3. The van der Waals surface area contributed by atoms with Gasteiger partial charge in [0.2, 0.25) is 5.91 Å². The van der Waals surface area contributed by atoms with Crippen LogP contribution in [0.4, 0.5) is 11.4 Å². The zero-order chi connectivity index (χ0) is 20.5. The standard InChI is InChI=1S/C21H25N3O3S/c1-4-19(25)22-15-8-7-9-16(12-15)23-21(28)24-20(26)17-10-5-6-11-18(17)27-13-14(2)3/h5-12,14H,4,13H2,1-3H3,(H,22,25)(H2,23,24,26,28). The van der Waals surface area contributed by atoms with Crippen LogP contribution in [-0.4, -0.2) is 23.5 Å². The molecule has 0 spiro atoms. The van der Waals surface area contributed by atoms with E-state index < -0.39 is 0 Å². The number of anilines is 2. The summed E-state index contributed by atoms with van der Waals surface area (Å²) in [6.07, 6.45) is 0.393. The number of carbonyl (C=O) groups excluding carboxylic acids is 2.